The van der Waals surface area contributed by atoms with Crippen molar-refractivity contribution in [2.75, 3.05) is 6.61 Å². The highest BCUT2D eigenvalue weighted by Crippen LogP contribution is 1.94. The highest BCUT2D eigenvalue weighted by molar-refractivity contribution is 7.02. The molecule has 0 amide bonds. The minimum absolute atomic E-state index is 0.605. The monoisotopic (exact) mass is 149 g/mol. The van der Waals surface area contributed by atoms with Crippen LogP contribution in [0.4, 0.5) is 0 Å². The molecule has 0 aromatic rings. The molecule has 1 nitrogen and oxygen atoms in total. The molecule has 0 aliphatic rings. The van der Waals surface area contributed by atoms with E-state index in [9.17, 15) is 0 Å². The number of hydrogen-bond donors (Lipinski definition) is 0. The standard InChI is InChI=1S/C5H10ClOSi/c1-5(2)4-7-8(3)6/h1,4H2,2-3H3. The van der Waals surface area contributed by atoms with Crippen LogP contribution < -0.4 is 0 Å². The minimum atomic E-state index is -1.02. The Bertz CT molecular complexity index is 82.5. The van der Waals surface area contributed by atoms with Crippen molar-refractivity contribution >= 4 is 19.4 Å². The molecule has 47 valence electrons. The average molecular weight is 150 g/mol. The molecule has 0 atom stereocenters. The van der Waals surface area contributed by atoms with E-state index in [1.807, 2.05) is 13.5 Å². The molecule has 0 aromatic carbocycles. The molecule has 3 heteroatoms. The zero-order valence-corrected chi connectivity index (χ0v) is 6.96. The van der Waals surface area contributed by atoms with Gasteiger partial charge in [-0.05, 0) is 13.5 Å². The van der Waals surface area contributed by atoms with Gasteiger partial charge in [0.25, 0.3) is 0 Å². The Labute approximate surface area is 56.7 Å². The molecule has 0 saturated heterocycles. The Kier molecular flexibility index (Phi) is 4.23. The van der Waals surface area contributed by atoms with E-state index in [0.29, 0.717) is 6.61 Å². The summed E-state index contributed by atoms with van der Waals surface area (Å²) >= 11 is 5.56. The van der Waals surface area contributed by atoms with E-state index < -0.39 is 8.35 Å². The SMILES string of the molecule is C=C(C)CO[Si](C)Cl. The highest BCUT2D eigenvalue weighted by Gasteiger charge is 1.97. The third-order valence-corrected chi connectivity index (χ3v) is 1.39. The van der Waals surface area contributed by atoms with Crippen molar-refractivity contribution in [3.63, 3.8) is 0 Å². The Balaban J connectivity index is 3.05. The van der Waals surface area contributed by atoms with Crippen molar-refractivity contribution in [3.8, 4) is 0 Å². The van der Waals surface area contributed by atoms with Crippen LogP contribution in [-0.2, 0) is 4.43 Å². The molecule has 0 rings (SSSR count). The lowest BCUT2D eigenvalue weighted by atomic mass is 10.4. The van der Waals surface area contributed by atoms with Gasteiger partial charge in [0, 0.05) is 0 Å². The van der Waals surface area contributed by atoms with Gasteiger partial charge in [0.2, 0.25) is 0 Å². The van der Waals surface area contributed by atoms with Crippen LogP contribution in [0.5, 0.6) is 0 Å². The molecule has 0 aliphatic carbocycles. The molecule has 0 N–H and O–H groups in total. The molecule has 0 aromatic heterocycles. The molecule has 8 heavy (non-hydrogen) atoms. The lowest BCUT2D eigenvalue weighted by Crippen LogP contribution is -2.05. The van der Waals surface area contributed by atoms with Crippen LogP contribution in [0.3, 0.4) is 0 Å². The molecule has 0 saturated carbocycles. The van der Waals surface area contributed by atoms with Crippen LogP contribution in [0.25, 0.3) is 0 Å². The molecular formula is C5H10ClOSi. The van der Waals surface area contributed by atoms with Gasteiger partial charge in [0.1, 0.15) is 0 Å². The summed E-state index contributed by atoms with van der Waals surface area (Å²) in [4.78, 5) is 0. The molecule has 0 aliphatic heterocycles. The average Bonchev–Trinajstić information content (AvgIpc) is 1.61. The predicted molar refractivity (Wildman–Crippen MR) is 38.2 cm³/mol. The largest absolute Gasteiger partial charge is 0.399 e. The van der Waals surface area contributed by atoms with E-state index in [1.165, 1.54) is 0 Å². The zero-order chi connectivity index (χ0) is 6.57. The van der Waals surface area contributed by atoms with E-state index in [1.54, 1.807) is 0 Å². The Hall–Kier alpha value is 0.207. The van der Waals surface area contributed by atoms with Gasteiger partial charge < -0.3 is 4.43 Å². The van der Waals surface area contributed by atoms with Gasteiger partial charge in [-0.1, -0.05) is 12.2 Å². The first-order chi connectivity index (χ1) is 3.63. The molecule has 0 unspecified atom stereocenters. The van der Waals surface area contributed by atoms with Gasteiger partial charge >= 0.3 is 8.35 Å². The van der Waals surface area contributed by atoms with Gasteiger partial charge in [-0.25, -0.2) is 0 Å². The van der Waals surface area contributed by atoms with E-state index in [-0.39, 0.29) is 0 Å². The number of halogens is 1. The van der Waals surface area contributed by atoms with Gasteiger partial charge in [0.05, 0.1) is 6.61 Å². The Morgan fingerprint density at radius 2 is 2.38 bits per heavy atom. The van der Waals surface area contributed by atoms with E-state index >= 15 is 0 Å². The normalized spacial score (nSPS) is 10.0. The van der Waals surface area contributed by atoms with Crippen molar-refractivity contribution in [3.05, 3.63) is 12.2 Å². The Morgan fingerprint density at radius 3 is 2.50 bits per heavy atom. The summed E-state index contributed by atoms with van der Waals surface area (Å²) in [5, 5.41) is 0. The van der Waals surface area contributed by atoms with Gasteiger partial charge in [-0.3, -0.25) is 0 Å². The fourth-order valence-corrected chi connectivity index (χ4v) is 0.832. The zero-order valence-electron chi connectivity index (χ0n) is 5.20. The van der Waals surface area contributed by atoms with Crippen molar-refractivity contribution in [2.24, 2.45) is 0 Å². The second-order valence-electron chi connectivity index (χ2n) is 1.72. The van der Waals surface area contributed by atoms with Crippen molar-refractivity contribution in [1.29, 1.82) is 0 Å². The van der Waals surface area contributed by atoms with Crippen molar-refractivity contribution < 1.29 is 4.43 Å². The topological polar surface area (TPSA) is 9.23 Å². The smallest absolute Gasteiger partial charge is 0.320 e. The molecule has 0 fully saturated rings. The van der Waals surface area contributed by atoms with Crippen molar-refractivity contribution in [1.82, 2.24) is 0 Å². The first-order valence-electron chi connectivity index (χ1n) is 2.39. The third kappa shape index (κ3) is 6.21. The summed E-state index contributed by atoms with van der Waals surface area (Å²) in [7, 11) is -1.02. The first kappa shape index (κ1) is 8.21. The second-order valence-corrected chi connectivity index (χ2v) is 4.54. The third-order valence-electron chi connectivity index (χ3n) is 0.517. The molecular weight excluding hydrogens is 140 g/mol. The maximum Gasteiger partial charge on any atom is 0.320 e. The highest BCUT2D eigenvalue weighted by atomic mass is 35.6. The van der Waals surface area contributed by atoms with Crippen LogP contribution in [-0.4, -0.2) is 15.0 Å². The number of hydrogen-bond acceptors (Lipinski definition) is 1. The van der Waals surface area contributed by atoms with E-state index in [0.717, 1.165) is 5.57 Å². The van der Waals surface area contributed by atoms with E-state index in [4.69, 9.17) is 15.5 Å². The molecule has 0 bridgehead atoms. The summed E-state index contributed by atoms with van der Waals surface area (Å²) in [6.07, 6.45) is 0. The maximum absolute atomic E-state index is 5.56. The Morgan fingerprint density at radius 1 is 1.88 bits per heavy atom. The van der Waals surface area contributed by atoms with Gasteiger partial charge in [-0.2, -0.15) is 0 Å². The molecule has 0 spiro atoms. The van der Waals surface area contributed by atoms with Gasteiger partial charge in [-0.15, -0.1) is 11.1 Å². The lowest BCUT2D eigenvalue weighted by molar-refractivity contribution is 0.372. The van der Waals surface area contributed by atoms with E-state index in [2.05, 4.69) is 6.58 Å². The fraction of sp³-hybridized carbons (Fsp3) is 0.600. The summed E-state index contributed by atoms with van der Waals surface area (Å²) in [6, 6.07) is 0. The first-order valence-corrected chi connectivity index (χ1v) is 5.31. The molecule has 1 radical (unpaired) electrons. The van der Waals surface area contributed by atoms with Crippen LogP contribution in [0.15, 0.2) is 12.2 Å². The van der Waals surface area contributed by atoms with Gasteiger partial charge in [0.15, 0.2) is 0 Å². The lowest BCUT2D eigenvalue weighted by Gasteiger charge is -2.00. The van der Waals surface area contributed by atoms with Crippen molar-refractivity contribution in [2.45, 2.75) is 13.5 Å². The quantitative estimate of drug-likeness (QED) is 0.339. The van der Waals surface area contributed by atoms with Crippen LogP contribution in [0, 0.1) is 0 Å². The summed E-state index contributed by atoms with van der Waals surface area (Å²) in [5.74, 6) is 0. The maximum atomic E-state index is 5.56. The second kappa shape index (κ2) is 4.12. The van der Waals surface area contributed by atoms with Crippen LogP contribution >= 0.6 is 11.1 Å². The number of rotatable bonds is 3. The summed E-state index contributed by atoms with van der Waals surface area (Å²) < 4.78 is 5.07. The summed E-state index contributed by atoms with van der Waals surface area (Å²) in [5.41, 5.74) is 1.02. The predicted octanol–water partition coefficient (Wildman–Crippen LogP) is 1.94. The van der Waals surface area contributed by atoms with Crippen LogP contribution in [0.1, 0.15) is 6.92 Å². The minimum Gasteiger partial charge on any atom is -0.399 e. The summed E-state index contributed by atoms with van der Waals surface area (Å²) in [6.45, 7) is 8.07. The molecule has 0 heterocycles. The van der Waals surface area contributed by atoms with Crippen LogP contribution in [0.2, 0.25) is 6.55 Å². The fourth-order valence-electron chi connectivity index (χ4n) is 0.223.